The molecule has 1 fully saturated rings. The molecule has 2 heterocycles. The minimum atomic E-state index is -4.75. The van der Waals surface area contributed by atoms with E-state index in [4.69, 9.17) is 33.5 Å². The molecule has 1 aliphatic heterocycles. The first-order valence-electron chi connectivity index (χ1n) is 11.2. The van der Waals surface area contributed by atoms with Crippen LogP contribution >= 0.6 is 7.82 Å². The third-order valence-electron chi connectivity index (χ3n) is 4.91. The van der Waals surface area contributed by atoms with Crippen LogP contribution in [0.3, 0.4) is 0 Å². The molecule has 0 saturated carbocycles. The lowest BCUT2D eigenvalue weighted by molar-refractivity contribution is -0.163. The van der Waals surface area contributed by atoms with Gasteiger partial charge in [-0.25, -0.2) is 18.4 Å². The molecule has 1 aliphatic rings. The average molecular weight is 571 g/mol. The molecule has 0 spiro atoms. The molecule has 1 saturated heterocycles. The Labute approximate surface area is 216 Å². The molecule has 14 nitrogen and oxygen atoms in total. The molecule has 0 amide bonds. The Balaban J connectivity index is 2.14. The number of carbonyl (C=O) groups is 2. The number of ether oxygens (including phenoxy) is 3. The number of anilines is 1. The van der Waals surface area contributed by atoms with Crippen molar-refractivity contribution < 1.29 is 55.8 Å². The molecular weight excluding hydrogens is 539 g/mol. The van der Waals surface area contributed by atoms with E-state index in [2.05, 4.69) is 4.98 Å². The van der Waals surface area contributed by atoms with Crippen LogP contribution in [0.1, 0.15) is 47.8 Å². The van der Waals surface area contributed by atoms with Crippen molar-refractivity contribution in [3.05, 3.63) is 22.7 Å². The van der Waals surface area contributed by atoms with E-state index in [1.54, 1.807) is 41.5 Å². The summed E-state index contributed by atoms with van der Waals surface area (Å²) < 4.78 is 72.7. The highest BCUT2D eigenvalue weighted by molar-refractivity contribution is 7.48. The molecule has 3 atom stereocenters. The van der Waals surface area contributed by atoms with Gasteiger partial charge in [0.15, 0.2) is 6.10 Å². The third-order valence-corrected chi connectivity index (χ3v) is 6.22. The van der Waals surface area contributed by atoms with Gasteiger partial charge in [-0.2, -0.15) is 13.8 Å². The van der Waals surface area contributed by atoms with E-state index in [1.807, 2.05) is 0 Å². The van der Waals surface area contributed by atoms with Gasteiger partial charge in [0.2, 0.25) is 19.8 Å². The Morgan fingerprint density at radius 3 is 2.05 bits per heavy atom. The second-order valence-electron chi connectivity index (χ2n) is 10.3. The standard InChI is InChI=1S/C21H32F2N3O11P/c1-19(2,3)16(28)32-10-35-38(31,36-11-33-17(29)20(4,5)6)34-9-12-14(27)21(22,23)15(37-12)26-8-7-13(24)25-18(26)30/h7-8,12,14-15,27H,9-11H2,1-6H3,(H2,24,25,30)/t12-,14-,15-/m1/s1. The Hall–Kier alpha value is -2.49. The highest BCUT2D eigenvalue weighted by Crippen LogP contribution is 2.51. The first-order valence-corrected chi connectivity index (χ1v) is 12.7. The summed E-state index contributed by atoms with van der Waals surface area (Å²) in [7, 11) is -4.75. The molecule has 0 unspecified atom stereocenters. The summed E-state index contributed by atoms with van der Waals surface area (Å²) in [4.78, 5) is 39.2. The predicted molar refractivity (Wildman–Crippen MR) is 124 cm³/mol. The number of nitrogen functional groups attached to an aromatic ring is 1. The zero-order chi connectivity index (χ0) is 29.1. The summed E-state index contributed by atoms with van der Waals surface area (Å²) in [5, 5.41) is 10.1. The van der Waals surface area contributed by atoms with Gasteiger partial charge in [-0.3, -0.25) is 18.7 Å². The number of aliphatic hydroxyl groups excluding tert-OH is 1. The third kappa shape index (κ3) is 8.01. The van der Waals surface area contributed by atoms with Gasteiger partial charge in [-0.15, -0.1) is 0 Å². The number of nitrogens with two attached hydrogens (primary N) is 1. The van der Waals surface area contributed by atoms with Crippen LogP contribution in [0.4, 0.5) is 14.6 Å². The zero-order valence-corrected chi connectivity index (χ0v) is 22.6. The Kier molecular flexibility index (Phi) is 9.78. The molecule has 1 aromatic heterocycles. The maximum absolute atomic E-state index is 14.7. The van der Waals surface area contributed by atoms with Gasteiger partial charge >= 0.3 is 31.4 Å². The van der Waals surface area contributed by atoms with Crippen LogP contribution in [0.15, 0.2) is 17.1 Å². The molecule has 0 bridgehead atoms. The normalized spacial score (nSPS) is 21.8. The Bertz CT molecular complexity index is 1080. The lowest BCUT2D eigenvalue weighted by Crippen LogP contribution is -2.42. The predicted octanol–water partition coefficient (Wildman–Crippen LogP) is 1.97. The summed E-state index contributed by atoms with van der Waals surface area (Å²) in [5.41, 5.74) is 2.33. The van der Waals surface area contributed by atoms with E-state index in [1.165, 1.54) is 0 Å². The molecule has 38 heavy (non-hydrogen) atoms. The molecule has 0 aliphatic carbocycles. The van der Waals surface area contributed by atoms with E-state index in [-0.39, 0.29) is 5.82 Å². The zero-order valence-electron chi connectivity index (χ0n) is 21.7. The maximum Gasteiger partial charge on any atom is 0.480 e. The number of nitrogens with zero attached hydrogens (tertiary/aromatic N) is 2. The summed E-state index contributed by atoms with van der Waals surface area (Å²) in [6.45, 7) is 6.42. The summed E-state index contributed by atoms with van der Waals surface area (Å²) in [6.07, 6.45) is -5.76. The molecule has 0 aromatic carbocycles. The van der Waals surface area contributed by atoms with Crippen molar-refractivity contribution in [1.29, 1.82) is 0 Å². The highest BCUT2D eigenvalue weighted by Gasteiger charge is 2.60. The lowest BCUT2D eigenvalue weighted by atomic mass is 9.98. The average Bonchev–Trinajstić information content (AvgIpc) is 3.00. The van der Waals surface area contributed by atoms with Crippen LogP contribution in [-0.4, -0.2) is 64.9 Å². The topological polar surface area (TPSA) is 188 Å². The monoisotopic (exact) mass is 571 g/mol. The van der Waals surface area contributed by atoms with Gasteiger partial charge in [0.25, 0.3) is 0 Å². The van der Waals surface area contributed by atoms with E-state index in [0.717, 1.165) is 12.3 Å². The number of carbonyl (C=O) groups excluding carboxylic acids is 2. The lowest BCUT2D eigenvalue weighted by Gasteiger charge is -2.23. The fraction of sp³-hybridized carbons (Fsp3) is 0.714. The van der Waals surface area contributed by atoms with E-state index < -0.39 is 80.8 Å². The maximum atomic E-state index is 14.7. The fourth-order valence-corrected chi connectivity index (χ4v) is 3.63. The van der Waals surface area contributed by atoms with Crippen LogP contribution in [-0.2, 0) is 41.9 Å². The molecule has 1 aromatic rings. The van der Waals surface area contributed by atoms with Crippen LogP contribution < -0.4 is 11.4 Å². The number of hydrogen-bond acceptors (Lipinski definition) is 13. The van der Waals surface area contributed by atoms with Crippen LogP contribution in [0.5, 0.6) is 0 Å². The van der Waals surface area contributed by atoms with Crippen molar-refractivity contribution in [1.82, 2.24) is 9.55 Å². The molecule has 2 rings (SSSR count). The van der Waals surface area contributed by atoms with Crippen molar-refractivity contribution in [2.45, 2.75) is 65.9 Å². The van der Waals surface area contributed by atoms with Gasteiger partial charge in [0.05, 0.1) is 17.4 Å². The fourth-order valence-electron chi connectivity index (χ4n) is 2.71. The number of esters is 2. The minimum Gasteiger partial charge on any atom is -0.437 e. The molecule has 3 N–H and O–H groups in total. The summed E-state index contributed by atoms with van der Waals surface area (Å²) in [5.74, 6) is -5.70. The number of halogens is 2. The SMILES string of the molecule is CC(C)(C)C(=O)OCOP(=O)(OCOC(=O)C(C)(C)C)OC[C@H]1O[C@@H](n2ccc(N)nc2=O)C(F)(F)[C@@H]1O. The van der Waals surface area contributed by atoms with Crippen LogP contribution in [0.25, 0.3) is 0 Å². The quantitative estimate of drug-likeness (QED) is 0.236. The largest absolute Gasteiger partial charge is 0.480 e. The second-order valence-corrected chi connectivity index (χ2v) is 12.0. The Morgan fingerprint density at radius 1 is 1.11 bits per heavy atom. The smallest absolute Gasteiger partial charge is 0.437 e. The van der Waals surface area contributed by atoms with Crippen LogP contribution in [0, 0.1) is 10.8 Å². The first-order chi connectivity index (χ1) is 17.3. The molecule has 216 valence electrons. The number of hydrogen-bond donors (Lipinski definition) is 2. The second kappa shape index (κ2) is 11.7. The van der Waals surface area contributed by atoms with E-state index in [0.29, 0.717) is 4.57 Å². The van der Waals surface area contributed by atoms with Crippen molar-refractivity contribution in [3.63, 3.8) is 0 Å². The number of phosphoric acid groups is 1. The van der Waals surface area contributed by atoms with Crippen LogP contribution in [0.2, 0.25) is 0 Å². The van der Waals surface area contributed by atoms with E-state index >= 15 is 0 Å². The molecule has 17 heteroatoms. The number of aromatic nitrogens is 2. The van der Waals surface area contributed by atoms with E-state index in [9.17, 15) is 32.8 Å². The van der Waals surface area contributed by atoms with Gasteiger partial charge in [-0.1, -0.05) is 0 Å². The number of rotatable bonds is 10. The minimum absolute atomic E-state index is 0.220. The van der Waals surface area contributed by atoms with Crippen molar-refractivity contribution in [2.24, 2.45) is 10.8 Å². The van der Waals surface area contributed by atoms with Crippen molar-refractivity contribution >= 4 is 25.6 Å². The van der Waals surface area contributed by atoms with Gasteiger partial charge in [0, 0.05) is 6.20 Å². The van der Waals surface area contributed by atoms with Crippen molar-refractivity contribution in [3.8, 4) is 0 Å². The molecule has 0 radical (unpaired) electrons. The summed E-state index contributed by atoms with van der Waals surface area (Å²) >= 11 is 0. The van der Waals surface area contributed by atoms with Crippen molar-refractivity contribution in [2.75, 3.05) is 25.9 Å². The van der Waals surface area contributed by atoms with Gasteiger partial charge in [-0.05, 0) is 47.6 Å². The number of aliphatic hydroxyl groups is 1. The number of phosphoric ester groups is 1. The highest BCUT2D eigenvalue weighted by atomic mass is 31.2. The molecular formula is C21H32F2N3O11P. The Morgan fingerprint density at radius 2 is 1.61 bits per heavy atom. The summed E-state index contributed by atoms with van der Waals surface area (Å²) in [6, 6.07) is 1.07. The number of alkyl halides is 2. The van der Waals surface area contributed by atoms with Gasteiger partial charge in [0.1, 0.15) is 11.9 Å². The van der Waals surface area contributed by atoms with Gasteiger partial charge < -0.3 is 25.1 Å². The first kappa shape index (κ1) is 31.7.